The first kappa shape index (κ1) is 34.2. The molecule has 0 radical (unpaired) electrons. The van der Waals surface area contributed by atoms with Crippen LogP contribution in [0, 0.1) is 50.2 Å². The molecule has 6 fully saturated rings. The number of rotatable bonds is 8. The summed E-state index contributed by atoms with van der Waals surface area (Å²) in [6.45, 7) is 19.9. The maximum atomic E-state index is 13.8. The van der Waals surface area contributed by atoms with E-state index >= 15 is 0 Å². The summed E-state index contributed by atoms with van der Waals surface area (Å²) in [4.78, 5) is 40.7. The maximum absolute atomic E-state index is 13.8. The number of piperazine rings is 1. The highest BCUT2D eigenvalue weighted by Gasteiger charge is 2.68. The summed E-state index contributed by atoms with van der Waals surface area (Å²) >= 11 is 0. The third kappa shape index (κ3) is 5.26. The lowest BCUT2D eigenvalue weighted by molar-refractivity contribution is -0.241. The van der Waals surface area contributed by atoms with Crippen LogP contribution in [-0.2, 0) is 19.1 Å². The van der Waals surface area contributed by atoms with Crippen LogP contribution in [0.25, 0.3) is 0 Å². The summed E-state index contributed by atoms with van der Waals surface area (Å²) in [5.74, 6) is 0.838. The smallest absolute Gasteiger partial charge is 0.309 e. The molecule has 0 spiro atoms. The zero-order valence-corrected chi connectivity index (χ0v) is 30.3. The molecule has 4 unspecified atom stereocenters. The van der Waals surface area contributed by atoms with Crippen LogP contribution in [0.2, 0.25) is 0 Å². The number of amides is 1. The van der Waals surface area contributed by atoms with Crippen molar-refractivity contribution in [1.29, 1.82) is 0 Å². The number of nitrogens with one attached hydrogen (secondary N) is 1. The zero-order chi connectivity index (χ0) is 33.5. The zero-order valence-electron chi connectivity index (χ0n) is 30.3. The average molecular weight is 641 g/mol. The van der Waals surface area contributed by atoms with E-state index in [0.717, 1.165) is 51.6 Å². The highest BCUT2D eigenvalue weighted by molar-refractivity contribution is 5.81. The van der Waals surface area contributed by atoms with E-state index < -0.39 is 11.4 Å². The van der Waals surface area contributed by atoms with Crippen LogP contribution in [0.1, 0.15) is 145 Å². The number of carboxylic acid groups (broad SMARTS) is 1. The standard InChI is InChI=1S/C39H64N2O5/c1-9-14-39(21-31(42)41-24-26-19-27(41)23-40-26)18-17-37(7)25(20-39)10-11-29-36(6)15-13-30(46-32(43)22-34(2,3)33(44)45)35(4,5)28(36)12-16-38(29,37)8/h25-30,40H,9-24H2,1-8H3,(H,44,45)/t25-,26?,27?,28?,29?,30+,36+,37-,38-,39+/m1/s1. The van der Waals surface area contributed by atoms with Gasteiger partial charge in [0, 0.05) is 37.0 Å². The molecule has 10 atom stereocenters. The molecule has 6 rings (SSSR count). The average Bonchev–Trinajstić information content (AvgIpc) is 3.60. The highest BCUT2D eigenvalue weighted by atomic mass is 16.5. The molecule has 4 saturated carbocycles. The summed E-state index contributed by atoms with van der Waals surface area (Å²) in [6, 6.07) is 0.920. The van der Waals surface area contributed by atoms with Gasteiger partial charge in [-0.3, -0.25) is 14.4 Å². The summed E-state index contributed by atoms with van der Waals surface area (Å²) in [5.41, 5.74) is -0.425. The third-order valence-electron chi connectivity index (χ3n) is 16.0. The van der Waals surface area contributed by atoms with Crippen molar-refractivity contribution < 1.29 is 24.2 Å². The number of hydrogen-bond acceptors (Lipinski definition) is 5. The van der Waals surface area contributed by atoms with Gasteiger partial charge in [0.15, 0.2) is 0 Å². The molecule has 2 heterocycles. The second-order valence-electron chi connectivity index (χ2n) is 19.1. The second-order valence-corrected chi connectivity index (χ2v) is 19.1. The molecule has 7 nitrogen and oxygen atoms in total. The Hall–Kier alpha value is -1.63. The Morgan fingerprint density at radius 1 is 0.935 bits per heavy atom. The molecule has 4 aliphatic carbocycles. The fraction of sp³-hybridized carbons (Fsp3) is 0.923. The summed E-state index contributed by atoms with van der Waals surface area (Å²) in [5, 5.41) is 13.1. The van der Waals surface area contributed by atoms with Crippen molar-refractivity contribution in [3.63, 3.8) is 0 Å². The van der Waals surface area contributed by atoms with Crippen LogP contribution in [-0.4, -0.2) is 59.1 Å². The van der Waals surface area contributed by atoms with E-state index in [2.05, 4.69) is 51.8 Å². The van der Waals surface area contributed by atoms with Gasteiger partial charge in [-0.2, -0.15) is 0 Å². The van der Waals surface area contributed by atoms with Crippen LogP contribution in [0.3, 0.4) is 0 Å². The van der Waals surface area contributed by atoms with E-state index in [0.29, 0.717) is 35.7 Å². The first-order valence-corrected chi connectivity index (χ1v) is 18.9. The van der Waals surface area contributed by atoms with Crippen LogP contribution in [0.15, 0.2) is 0 Å². The van der Waals surface area contributed by atoms with E-state index in [1.165, 1.54) is 44.9 Å². The van der Waals surface area contributed by atoms with Crippen LogP contribution in [0.4, 0.5) is 0 Å². The Kier molecular flexibility index (Phi) is 8.54. The third-order valence-corrected chi connectivity index (χ3v) is 16.0. The Morgan fingerprint density at radius 3 is 2.30 bits per heavy atom. The Labute approximate surface area is 278 Å². The van der Waals surface area contributed by atoms with Crippen molar-refractivity contribution in [2.75, 3.05) is 13.1 Å². The summed E-state index contributed by atoms with van der Waals surface area (Å²) in [7, 11) is 0. The number of ether oxygens (including phenoxy) is 1. The van der Waals surface area contributed by atoms with Gasteiger partial charge in [-0.25, -0.2) is 0 Å². The molecule has 2 saturated heterocycles. The molecule has 0 aromatic carbocycles. The minimum Gasteiger partial charge on any atom is -0.481 e. The number of carboxylic acids is 1. The van der Waals surface area contributed by atoms with Crippen molar-refractivity contribution in [2.45, 2.75) is 163 Å². The summed E-state index contributed by atoms with van der Waals surface area (Å²) < 4.78 is 6.15. The topological polar surface area (TPSA) is 95.9 Å². The minimum absolute atomic E-state index is 0.0985. The van der Waals surface area contributed by atoms with E-state index in [1.54, 1.807) is 13.8 Å². The van der Waals surface area contributed by atoms with E-state index in [4.69, 9.17) is 4.74 Å². The lowest BCUT2D eigenvalue weighted by atomic mass is 9.33. The number of hydrogen-bond donors (Lipinski definition) is 2. The van der Waals surface area contributed by atoms with Crippen molar-refractivity contribution >= 4 is 17.8 Å². The fourth-order valence-corrected chi connectivity index (χ4v) is 13.1. The predicted molar refractivity (Wildman–Crippen MR) is 180 cm³/mol. The molecular weight excluding hydrogens is 576 g/mol. The quantitative estimate of drug-likeness (QED) is 0.265. The van der Waals surface area contributed by atoms with Gasteiger partial charge in [-0.15, -0.1) is 0 Å². The van der Waals surface area contributed by atoms with Gasteiger partial charge >= 0.3 is 11.9 Å². The summed E-state index contributed by atoms with van der Waals surface area (Å²) in [6.07, 6.45) is 14.3. The molecule has 260 valence electrons. The Morgan fingerprint density at radius 2 is 1.67 bits per heavy atom. The van der Waals surface area contributed by atoms with Crippen molar-refractivity contribution in [2.24, 2.45) is 50.2 Å². The number of carbonyl (C=O) groups is 3. The lowest BCUT2D eigenvalue weighted by Gasteiger charge is -2.72. The monoisotopic (exact) mass is 640 g/mol. The molecule has 2 bridgehead atoms. The first-order chi connectivity index (χ1) is 21.4. The molecule has 0 aromatic heterocycles. The van der Waals surface area contributed by atoms with Crippen LogP contribution >= 0.6 is 0 Å². The molecule has 2 N–H and O–H groups in total. The van der Waals surface area contributed by atoms with Gasteiger partial charge in [0.05, 0.1) is 11.8 Å². The lowest BCUT2D eigenvalue weighted by Crippen LogP contribution is -2.65. The van der Waals surface area contributed by atoms with Gasteiger partial charge in [-0.1, -0.05) is 48.0 Å². The molecule has 1 amide bonds. The number of aliphatic carboxylic acids is 1. The first-order valence-electron chi connectivity index (χ1n) is 18.9. The van der Waals surface area contributed by atoms with Crippen molar-refractivity contribution in [3.05, 3.63) is 0 Å². The minimum atomic E-state index is -1.13. The van der Waals surface area contributed by atoms with E-state index in [1.807, 2.05) is 0 Å². The normalized spacial score (nSPS) is 44.6. The van der Waals surface area contributed by atoms with Gasteiger partial charge < -0.3 is 20.1 Å². The Bertz CT molecular complexity index is 1230. The van der Waals surface area contributed by atoms with Crippen LogP contribution in [0.5, 0.6) is 0 Å². The van der Waals surface area contributed by atoms with Gasteiger partial charge in [0.1, 0.15) is 6.10 Å². The number of carbonyl (C=O) groups excluding carboxylic acids is 2. The van der Waals surface area contributed by atoms with Crippen LogP contribution < -0.4 is 5.32 Å². The number of fused-ring (bicyclic) bond motifs is 7. The largest absolute Gasteiger partial charge is 0.481 e. The SMILES string of the molecule is CCC[C@]1(CC(=O)N2CC3CC2CN3)CC[C@]2(C)[C@H](CCC3[C@@]4(C)CC[C@H](OC(=O)CC(C)(C)C(=O)O)C(C)(C)C4CC[C@]32C)C1. The van der Waals surface area contributed by atoms with Gasteiger partial charge in [0.25, 0.3) is 0 Å². The molecular formula is C39H64N2O5. The van der Waals surface area contributed by atoms with Gasteiger partial charge in [-0.05, 0) is 124 Å². The second kappa shape index (κ2) is 11.5. The van der Waals surface area contributed by atoms with E-state index in [-0.39, 0.29) is 45.6 Å². The molecule has 46 heavy (non-hydrogen) atoms. The fourth-order valence-electron chi connectivity index (χ4n) is 13.1. The number of esters is 1. The van der Waals surface area contributed by atoms with Crippen molar-refractivity contribution in [1.82, 2.24) is 10.2 Å². The maximum Gasteiger partial charge on any atom is 0.309 e. The number of likely N-dealkylation sites (tertiary alicyclic amines) is 1. The Balaban J connectivity index is 1.18. The molecule has 7 heteroatoms. The molecule has 0 aromatic rings. The van der Waals surface area contributed by atoms with Gasteiger partial charge in [0.2, 0.25) is 5.91 Å². The predicted octanol–water partition coefficient (Wildman–Crippen LogP) is 7.61. The molecule has 6 aliphatic rings. The van der Waals surface area contributed by atoms with E-state index in [9.17, 15) is 19.5 Å². The number of nitrogens with zero attached hydrogens (tertiary/aromatic N) is 1. The molecule has 2 aliphatic heterocycles. The van der Waals surface area contributed by atoms with Crippen molar-refractivity contribution in [3.8, 4) is 0 Å². The highest BCUT2D eigenvalue weighted by Crippen LogP contribution is 2.75.